The molecule has 1 saturated carbocycles. The zero-order chi connectivity index (χ0) is 13.9. The Balaban J connectivity index is 2.10. The van der Waals surface area contributed by atoms with E-state index in [0.717, 1.165) is 23.8 Å². The maximum Gasteiger partial charge on any atom is 0.131 e. The summed E-state index contributed by atoms with van der Waals surface area (Å²) in [6.45, 7) is 9.45. The van der Waals surface area contributed by atoms with E-state index >= 15 is 0 Å². The van der Waals surface area contributed by atoms with Crippen LogP contribution in [0.5, 0.6) is 0 Å². The molecular weight excluding hydrogens is 234 g/mol. The van der Waals surface area contributed by atoms with Gasteiger partial charge in [0.05, 0.1) is 5.69 Å². The number of nitrogens with one attached hydrogen (secondary N) is 1. The molecule has 0 aliphatic heterocycles. The molecule has 19 heavy (non-hydrogen) atoms. The molecule has 0 radical (unpaired) electrons. The molecule has 3 nitrogen and oxygen atoms in total. The average molecular weight is 261 g/mol. The van der Waals surface area contributed by atoms with Crippen molar-refractivity contribution in [2.75, 3.05) is 0 Å². The predicted molar refractivity (Wildman–Crippen MR) is 79.2 cm³/mol. The third kappa shape index (κ3) is 4.57. The lowest BCUT2D eigenvalue weighted by molar-refractivity contribution is 0.412. The van der Waals surface area contributed by atoms with Crippen LogP contribution < -0.4 is 5.32 Å². The maximum absolute atomic E-state index is 4.79. The minimum Gasteiger partial charge on any atom is -0.306 e. The third-order valence-corrected chi connectivity index (χ3v) is 3.69. The molecule has 0 saturated heterocycles. The maximum atomic E-state index is 4.79. The fourth-order valence-corrected chi connectivity index (χ4v) is 2.65. The number of hydrogen-bond donors (Lipinski definition) is 1. The van der Waals surface area contributed by atoms with E-state index in [0.29, 0.717) is 5.92 Å². The van der Waals surface area contributed by atoms with Gasteiger partial charge >= 0.3 is 0 Å². The first kappa shape index (κ1) is 14.4. The quantitative estimate of drug-likeness (QED) is 0.901. The van der Waals surface area contributed by atoms with Gasteiger partial charge in [-0.25, -0.2) is 9.97 Å². The van der Waals surface area contributed by atoms with Gasteiger partial charge in [0.15, 0.2) is 0 Å². The van der Waals surface area contributed by atoms with Crippen LogP contribution in [0.2, 0.25) is 0 Å². The minimum atomic E-state index is 0.129. The van der Waals surface area contributed by atoms with Crippen LogP contribution in [0.1, 0.15) is 76.0 Å². The van der Waals surface area contributed by atoms with E-state index in [1.807, 2.05) is 0 Å². The summed E-state index contributed by atoms with van der Waals surface area (Å²) in [5.74, 6) is 1.66. The Morgan fingerprint density at radius 3 is 2.47 bits per heavy atom. The molecule has 0 aromatic carbocycles. The molecule has 1 aliphatic carbocycles. The van der Waals surface area contributed by atoms with Crippen LogP contribution in [0.4, 0.5) is 0 Å². The zero-order valence-electron chi connectivity index (χ0n) is 12.8. The molecule has 106 valence electrons. The van der Waals surface area contributed by atoms with Gasteiger partial charge in [0.1, 0.15) is 5.82 Å². The Hall–Kier alpha value is -0.960. The van der Waals surface area contributed by atoms with Gasteiger partial charge in [-0.15, -0.1) is 0 Å². The lowest BCUT2D eigenvalue weighted by Gasteiger charge is -2.23. The summed E-state index contributed by atoms with van der Waals surface area (Å²) in [6, 6.07) is 2.10. The van der Waals surface area contributed by atoms with Crippen LogP contribution in [-0.2, 0) is 6.54 Å². The highest BCUT2D eigenvalue weighted by Crippen LogP contribution is 2.30. The highest BCUT2D eigenvalue weighted by atomic mass is 15.0. The van der Waals surface area contributed by atoms with Crippen molar-refractivity contribution in [3.63, 3.8) is 0 Å². The van der Waals surface area contributed by atoms with Crippen LogP contribution in [0.25, 0.3) is 0 Å². The molecule has 0 amide bonds. The number of aromatic nitrogens is 2. The molecular formula is C16H27N3. The summed E-state index contributed by atoms with van der Waals surface area (Å²) in [5.41, 5.74) is 2.36. The number of nitrogens with zero attached hydrogens (tertiary/aromatic N) is 2. The topological polar surface area (TPSA) is 37.8 Å². The summed E-state index contributed by atoms with van der Waals surface area (Å²) in [4.78, 5) is 9.45. The van der Waals surface area contributed by atoms with E-state index in [-0.39, 0.29) is 5.54 Å². The van der Waals surface area contributed by atoms with Gasteiger partial charge in [0, 0.05) is 23.7 Å². The van der Waals surface area contributed by atoms with Crippen molar-refractivity contribution in [1.82, 2.24) is 15.3 Å². The van der Waals surface area contributed by atoms with Gasteiger partial charge in [-0.1, -0.05) is 19.3 Å². The molecule has 1 aromatic heterocycles. The van der Waals surface area contributed by atoms with Crippen molar-refractivity contribution in [2.45, 2.75) is 77.8 Å². The SMILES string of the molecule is Cc1cc(CNC(C)(C)C)nc(C2CCCCC2)n1. The fraction of sp³-hybridized carbons (Fsp3) is 0.750. The summed E-state index contributed by atoms with van der Waals surface area (Å²) < 4.78 is 0. The summed E-state index contributed by atoms with van der Waals surface area (Å²) >= 11 is 0. The first-order valence-corrected chi connectivity index (χ1v) is 7.53. The van der Waals surface area contributed by atoms with Gasteiger partial charge in [0.25, 0.3) is 0 Å². The van der Waals surface area contributed by atoms with Crippen LogP contribution in [0.15, 0.2) is 6.07 Å². The van der Waals surface area contributed by atoms with Crippen molar-refractivity contribution < 1.29 is 0 Å². The van der Waals surface area contributed by atoms with Crippen LogP contribution in [-0.4, -0.2) is 15.5 Å². The molecule has 3 heteroatoms. The standard InChI is InChI=1S/C16H27N3/c1-12-10-14(11-17-16(2,3)4)19-15(18-12)13-8-6-5-7-9-13/h10,13,17H,5-9,11H2,1-4H3. The van der Waals surface area contributed by atoms with Crippen LogP contribution in [0.3, 0.4) is 0 Å². The van der Waals surface area contributed by atoms with E-state index < -0.39 is 0 Å². The highest BCUT2D eigenvalue weighted by molar-refractivity contribution is 5.13. The van der Waals surface area contributed by atoms with Crippen LogP contribution in [0, 0.1) is 6.92 Å². The van der Waals surface area contributed by atoms with Gasteiger partial charge < -0.3 is 5.32 Å². The Labute approximate surface area is 117 Å². The number of aryl methyl sites for hydroxylation is 1. The van der Waals surface area contributed by atoms with E-state index in [9.17, 15) is 0 Å². The fourth-order valence-electron chi connectivity index (χ4n) is 2.65. The molecule has 0 unspecified atom stereocenters. The summed E-state index contributed by atoms with van der Waals surface area (Å²) in [6.07, 6.45) is 6.56. The monoisotopic (exact) mass is 261 g/mol. The van der Waals surface area contributed by atoms with Gasteiger partial charge in [0.2, 0.25) is 0 Å². The second kappa shape index (κ2) is 6.00. The molecule has 2 rings (SSSR count). The van der Waals surface area contributed by atoms with Gasteiger partial charge in [-0.05, 0) is 46.6 Å². The van der Waals surface area contributed by atoms with E-state index in [1.54, 1.807) is 0 Å². The Morgan fingerprint density at radius 1 is 1.16 bits per heavy atom. The van der Waals surface area contributed by atoms with Crippen molar-refractivity contribution >= 4 is 0 Å². The van der Waals surface area contributed by atoms with Crippen LogP contribution >= 0.6 is 0 Å². The smallest absolute Gasteiger partial charge is 0.131 e. The largest absolute Gasteiger partial charge is 0.306 e. The zero-order valence-corrected chi connectivity index (χ0v) is 12.8. The van der Waals surface area contributed by atoms with Crippen molar-refractivity contribution in [3.8, 4) is 0 Å². The second-order valence-corrected chi connectivity index (χ2v) is 6.80. The van der Waals surface area contributed by atoms with Crippen molar-refractivity contribution in [3.05, 3.63) is 23.3 Å². The Kier molecular flexibility index (Phi) is 4.56. The molecule has 1 aromatic rings. The number of rotatable bonds is 3. The third-order valence-electron chi connectivity index (χ3n) is 3.69. The lowest BCUT2D eigenvalue weighted by atomic mass is 9.88. The van der Waals surface area contributed by atoms with Crippen molar-refractivity contribution in [1.29, 1.82) is 0 Å². The van der Waals surface area contributed by atoms with Gasteiger partial charge in [-0.2, -0.15) is 0 Å². The lowest BCUT2D eigenvalue weighted by Crippen LogP contribution is -2.35. The van der Waals surface area contributed by atoms with E-state index in [4.69, 9.17) is 4.98 Å². The molecule has 0 spiro atoms. The molecule has 1 aliphatic rings. The summed E-state index contributed by atoms with van der Waals surface area (Å²) in [7, 11) is 0. The molecule has 1 fully saturated rings. The Morgan fingerprint density at radius 2 is 1.84 bits per heavy atom. The highest BCUT2D eigenvalue weighted by Gasteiger charge is 2.19. The molecule has 1 heterocycles. The van der Waals surface area contributed by atoms with E-state index in [1.165, 1.54) is 32.1 Å². The average Bonchev–Trinajstić information content (AvgIpc) is 2.36. The molecule has 0 bridgehead atoms. The second-order valence-electron chi connectivity index (χ2n) is 6.80. The molecule has 1 N–H and O–H groups in total. The van der Waals surface area contributed by atoms with E-state index in [2.05, 4.69) is 44.1 Å². The normalized spacial score (nSPS) is 17.7. The van der Waals surface area contributed by atoms with Gasteiger partial charge in [-0.3, -0.25) is 0 Å². The number of hydrogen-bond acceptors (Lipinski definition) is 3. The predicted octanol–water partition coefficient (Wildman–Crippen LogP) is 3.72. The minimum absolute atomic E-state index is 0.129. The molecule has 0 atom stereocenters. The Bertz CT molecular complexity index is 414. The first-order valence-electron chi connectivity index (χ1n) is 7.53. The van der Waals surface area contributed by atoms with Crippen molar-refractivity contribution in [2.24, 2.45) is 0 Å². The summed E-state index contributed by atoms with van der Waals surface area (Å²) in [5, 5.41) is 3.51. The first-order chi connectivity index (χ1) is 8.94.